The van der Waals surface area contributed by atoms with Gasteiger partial charge in [-0.1, -0.05) is 18.2 Å². The van der Waals surface area contributed by atoms with E-state index >= 15 is 0 Å². The van der Waals surface area contributed by atoms with Crippen LogP contribution in [0.3, 0.4) is 0 Å². The Bertz CT molecular complexity index is 1550. The van der Waals surface area contributed by atoms with E-state index in [1.54, 1.807) is 14.1 Å². The van der Waals surface area contributed by atoms with Crippen LogP contribution in [0.25, 0.3) is 10.9 Å². The summed E-state index contributed by atoms with van der Waals surface area (Å²) in [5.41, 5.74) is 3.21. The Balaban J connectivity index is 1.66. The number of thioether (sulfide) groups is 1. The molecule has 0 bridgehead atoms. The van der Waals surface area contributed by atoms with Gasteiger partial charge in [-0.2, -0.15) is 5.10 Å². The Kier molecular flexibility index (Phi) is 9.28. The molecule has 0 radical (unpaired) electrons. The fourth-order valence-electron chi connectivity index (χ4n) is 3.80. The van der Waals surface area contributed by atoms with Crippen molar-refractivity contribution in [3.63, 3.8) is 0 Å². The Morgan fingerprint density at radius 1 is 1.07 bits per heavy atom. The lowest BCUT2D eigenvalue weighted by molar-refractivity contribution is -0.128. The Labute approximate surface area is 234 Å². The summed E-state index contributed by atoms with van der Waals surface area (Å²) >= 11 is 1.54. The summed E-state index contributed by atoms with van der Waals surface area (Å²) in [5.74, 6) is -1.64. The number of phenolic OH excluding ortho intramolecular Hbond substituents is 1. The van der Waals surface area contributed by atoms with Gasteiger partial charge in [0.2, 0.25) is 5.91 Å². The minimum atomic E-state index is -0.679. The summed E-state index contributed by atoms with van der Waals surface area (Å²) in [6, 6.07) is 16.6. The molecule has 206 valence electrons. The van der Waals surface area contributed by atoms with E-state index in [2.05, 4.69) is 20.8 Å². The molecule has 0 saturated carbocycles. The molecule has 2 amide bonds. The first-order valence-corrected chi connectivity index (χ1v) is 13.2. The fourth-order valence-corrected chi connectivity index (χ4v) is 4.75. The fraction of sp³-hybridized carbons (Fsp3) is 0.172. The highest BCUT2D eigenvalue weighted by Crippen LogP contribution is 2.30. The number of anilines is 1. The first-order valence-electron chi connectivity index (χ1n) is 12.3. The lowest BCUT2D eigenvalue weighted by Crippen LogP contribution is -2.33. The second-order valence-electron chi connectivity index (χ2n) is 9.07. The van der Waals surface area contributed by atoms with Gasteiger partial charge in [-0.25, -0.2) is 14.2 Å². The molecule has 4 aromatic rings. The summed E-state index contributed by atoms with van der Waals surface area (Å²) in [6.07, 6.45) is 2.55. The average Bonchev–Trinajstić information content (AvgIpc) is 2.94. The number of halogens is 2. The first kappa shape index (κ1) is 28.5. The highest BCUT2D eigenvalue weighted by Gasteiger charge is 2.22. The third kappa shape index (κ3) is 7.32. The van der Waals surface area contributed by atoms with Crippen molar-refractivity contribution in [2.75, 3.05) is 25.2 Å². The number of benzene rings is 3. The van der Waals surface area contributed by atoms with Crippen LogP contribution in [0.1, 0.15) is 22.3 Å². The van der Waals surface area contributed by atoms with Gasteiger partial charge in [0.05, 0.1) is 23.0 Å². The maximum Gasteiger partial charge on any atom is 0.275 e. The molecular weight excluding hydrogens is 536 g/mol. The molecule has 11 heteroatoms. The topological polar surface area (TPSA) is 107 Å². The van der Waals surface area contributed by atoms with Gasteiger partial charge in [0.15, 0.2) is 0 Å². The number of carbonyl (C=O) groups is 2. The molecule has 40 heavy (non-hydrogen) atoms. The van der Waals surface area contributed by atoms with Crippen molar-refractivity contribution in [2.24, 2.45) is 5.10 Å². The molecule has 3 N–H and O–H groups in total. The summed E-state index contributed by atoms with van der Waals surface area (Å²) in [7, 11) is 3.32. The van der Waals surface area contributed by atoms with Gasteiger partial charge in [-0.05, 0) is 48.5 Å². The third-order valence-corrected chi connectivity index (χ3v) is 7.07. The van der Waals surface area contributed by atoms with Crippen LogP contribution in [0.15, 0.2) is 82.9 Å². The van der Waals surface area contributed by atoms with Crippen LogP contribution in [0.4, 0.5) is 14.5 Å². The highest BCUT2D eigenvalue weighted by atomic mass is 32.2. The maximum absolute atomic E-state index is 14.3. The van der Waals surface area contributed by atoms with Crippen LogP contribution in [-0.4, -0.2) is 58.9 Å². The quantitative estimate of drug-likeness (QED) is 0.142. The van der Waals surface area contributed by atoms with E-state index in [-0.39, 0.29) is 34.9 Å². The molecule has 4 rings (SSSR count). The van der Waals surface area contributed by atoms with E-state index in [0.29, 0.717) is 16.7 Å². The van der Waals surface area contributed by atoms with Crippen LogP contribution in [0.5, 0.6) is 5.75 Å². The zero-order valence-electron chi connectivity index (χ0n) is 21.8. The predicted octanol–water partition coefficient (Wildman–Crippen LogP) is 5.03. The number of amides is 2. The van der Waals surface area contributed by atoms with Crippen molar-refractivity contribution in [3.05, 3.63) is 95.7 Å². The Morgan fingerprint density at radius 3 is 2.55 bits per heavy atom. The number of phenols is 1. The maximum atomic E-state index is 14.3. The number of aromatic nitrogens is 1. The zero-order valence-corrected chi connectivity index (χ0v) is 22.6. The molecule has 0 aliphatic carbocycles. The zero-order chi connectivity index (χ0) is 28.6. The Morgan fingerprint density at radius 2 is 1.80 bits per heavy atom. The lowest BCUT2D eigenvalue weighted by Gasteiger charge is -2.23. The summed E-state index contributed by atoms with van der Waals surface area (Å²) in [4.78, 5) is 32.7. The summed E-state index contributed by atoms with van der Waals surface area (Å²) in [6.45, 7) is 0. The predicted molar refractivity (Wildman–Crippen MR) is 153 cm³/mol. The monoisotopic (exact) mass is 563 g/mol. The van der Waals surface area contributed by atoms with E-state index in [4.69, 9.17) is 0 Å². The molecule has 0 aliphatic rings. The minimum Gasteiger partial charge on any atom is -0.507 e. The Hall–Kier alpha value is -4.51. The molecule has 3 aromatic carbocycles. The molecule has 0 unspecified atom stereocenters. The second-order valence-corrected chi connectivity index (χ2v) is 10.2. The molecule has 0 aliphatic heterocycles. The third-order valence-electron chi connectivity index (χ3n) is 5.90. The normalized spacial score (nSPS) is 11.9. The lowest BCUT2D eigenvalue weighted by atomic mass is 10.1. The number of fused-ring (bicyclic) bond motifs is 1. The van der Waals surface area contributed by atoms with Crippen LogP contribution in [0, 0.1) is 11.6 Å². The average molecular weight is 564 g/mol. The van der Waals surface area contributed by atoms with E-state index in [0.717, 1.165) is 23.2 Å². The van der Waals surface area contributed by atoms with E-state index in [1.807, 2.05) is 30.3 Å². The van der Waals surface area contributed by atoms with E-state index < -0.39 is 23.6 Å². The van der Waals surface area contributed by atoms with Crippen LogP contribution in [0.2, 0.25) is 0 Å². The summed E-state index contributed by atoms with van der Waals surface area (Å²) < 4.78 is 27.9. The number of aromatic hydroxyl groups is 1. The largest absolute Gasteiger partial charge is 0.507 e. The van der Waals surface area contributed by atoms with Crippen molar-refractivity contribution in [2.45, 2.75) is 17.4 Å². The summed E-state index contributed by atoms with van der Waals surface area (Å²) in [5, 5.41) is 17.4. The molecule has 8 nitrogen and oxygen atoms in total. The van der Waals surface area contributed by atoms with Gasteiger partial charge < -0.3 is 15.3 Å². The van der Waals surface area contributed by atoms with Crippen LogP contribution in [-0.2, 0) is 4.79 Å². The van der Waals surface area contributed by atoms with Gasteiger partial charge in [0, 0.05) is 54.4 Å². The number of nitrogens with zero attached hydrogens (tertiary/aromatic N) is 3. The smallest absolute Gasteiger partial charge is 0.275 e. The number of carbonyl (C=O) groups excluding carboxylic acids is 2. The standard InChI is InChI=1S/C29H27F2N5O3S/c1-36(2)27(38)14-21(17-40-22-6-4-3-5-7-22)34-28-23-13-20(31)8-10-25(23)32-16-24(28)29(39)35-33-15-18-12-19(30)9-11-26(18)37/h3-13,15-16,21,37H,14,17H2,1-2H3,(H,32,34)(H,35,39)/b33-15+/t21-/m1/s1. The van der Waals surface area contributed by atoms with Crippen LogP contribution < -0.4 is 10.7 Å². The molecule has 0 saturated heterocycles. The van der Waals surface area contributed by atoms with Gasteiger partial charge in [-0.3, -0.25) is 14.6 Å². The van der Waals surface area contributed by atoms with Crippen molar-refractivity contribution >= 4 is 46.4 Å². The number of hydrogen-bond acceptors (Lipinski definition) is 7. The van der Waals surface area contributed by atoms with Gasteiger partial charge in [0.25, 0.3) is 5.91 Å². The first-order chi connectivity index (χ1) is 19.2. The number of rotatable bonds is 10. The molecule has 1 heterocycles. The van der Waals surface area contributed by atoms with Crippen molar-refractivity contribution in [1.82, 2.24) is 15.3 Å². The molecule has 1 atom stereocenters. The van der Waals surface area contributed by atoms with E-state index in [9.17, 15) is 23.5 Å². The molecule has 1 aromatic heterocycles. The van der Waals surface area contributed by atoms with Crippen molar-refractivity contribution in [1.29, 1.82) is 0 Å². The minimum absolute atomic E-state index is 0.0609. The van der Waals surface area contributed by atoms with Gasteiger partial charge in [-0.15, -0.1) is 11.8 Å². The van der Waals surface area contributed by atoms with Crippen molar-refractivity contribution < 1.29 is 23.5 Å². The number of pyridine rings is 1. The second kappa shape index (κ2) is 13.0. The van der Waals surface area contributed by atoms with Gasteiger partial charge in [0.1, 0.15) is 17.4 Å². The van der Waals surface area contributed by atoms with Crippen LogP contribution >= 0.6 is 11.8 Å². The SMILES string of the molecule is CN(C)C(=O)C[C@H](CSc1ccccc1)Nc1c(C(=O)N/N=C/c2cc(F)ccc2O)cnc2ccc(F)cc12. The molecule has 0 fully saturated rings. The highest BCUT2D eigenvalue weighted by molar-refractivity contribution is 7.99. The van der Waals surface area contributed by atoms with E-state index in [1.165, 1.54) is 47.1 Å². The number of hydrogen-bond donors (Lipinski definition) is 3. The number of hydrazone groups is 1. The van der Waals surface area contributed by atoms with Gasteiger partial charge >= 0.3 is 0 Å². The van der Waals surface area contributed by atoms with Crippen molar-refractivity contribution in [3.8, 4) is 5.75 Å². The molecular formula is C29H27F2N5O3S. The molecule has 0 spiro atoms. The number of nitrogens with one attached hydrogen (secondary N) is 2.